The van der Waals surface area contributed by atoms with Gasteiger partial charge in [-0.05, 0) is 34.7 Å². The van der Waals surface area contributed by atoms with Gasteiger partial charge >= 0.3 is 0 Å². The number of fused-ring (bicyclic) bond motifs is 1. The van der Waals surface area contributed by atoms with E-state index < -0.39 is 13.0 Å². The van der Waals surface area contributed by atoms with Crippen LogP contribution in [0.1, 0.15) is 0 Å². The monoisotopic (exact) mass is 352 g/mol. The summed E-state index contributed by atoms with van der Waals surface area (Å²) in [5.74, 6) is 0.0645. The fourth-order valence-electron chi connectivity index (χ4n) is 1.27. The first kappa shape index (κ1) is 12.2. The lowest BCUT2D eigenvalue weighted by atomic mass is 10.3. The zero-order chi connectivity index (χ0) is 12.4. The summed E-state index contributed by atoms with van der Waals surface area (Å²) in [4.78, 5) is 17.8. The topological polar surface area (TPSA) is 55.0 Å². The number of pyridine rings is 2. The molecule has 0 fully saturated rings. The summed E-state index contributed by atoms with van der Waals surface area (Å²) in [6, 6.07) is 4.80. The van der Waals surface area contributed by atoms with Crippen molar-refractivity contribution in [3.8, 4) is 5.88 Å². The largest absolute Gasteiger partial charge is 0.472 e. The first-order valence-electron chi connectivity index (χ1n) is 4.67. The quantitative estimate of drug-likeness (QED) is 0.862. The molecule has 0 bridgehead atoms. The molecule has 2 aromatic rings. The van der Waals surface area contributed by atoms with Crippen molar-refractivity contribution < 1.29 is 13.5 Å². The summed E-state index contributed by atoms with van der Waals surface area (Å²) in [6.07, 6.45) is -2.55. The summed E-state index contributed by atoms with van der Waals surface area (Å²) >= 11 is 1.90. The molecule has 0 amide bonds. The maximum atomic E-state index is 11.9. The van der Waals surface area contributed by atoms with E-state index >= 15 is 0 Å². The molecule has 0 aliphatic carbocycles. The Labute approximate surface area is 108 Å². The van der Waals surface area contributed by atoms with E-state index in [9.17, 15) is 13.6 Å². The standard InChI is InChI=1S/C10H7F2IN2O2/c11-7(12)4-17-8-2-1-5-3-6(13)10(16)15-9(5)14-8/h1-3,7H,4H2,(H,14,15,16). The van der Waals surface area contributed by atoms with Gasteiger partial charge < -0.3 is 9.72 Å². The molecule has 2 aromatic heterocycles. The number of hydrogen-bond acceptors (Lipinski definition) is 3. The molecule has 2 heterocycles. The smallest absolute Gasteiger partial charge is 0.272 e. The number of nitrogens with one attached hydrogen (secondary N) is 1. The molecular formula is C10H7F2IN2O2. The molecule has 0 radical (unpaired) electrons. The number of ether oxygens (including phenoxy) is 1. The van der Waals surface area contributed by atoms with Crippen LogP contribution >= 0.6 is 22.6 Å². The minimum atomic E-state index is -2.55. The van der Waals surface area contributed by atoms with Gasteiger partial charge in [0.25, 0.3) is 12.0 Å². The normalized spacial score (nSPS) is 11.1. The molecule has 17 heavy (non-hydrogen) atoms. The second-order valence-corrected chi connectivity index (χ2v) is 4.40. The fraction of sp³-hybridized carbons (Fsp3) is 0.200. The fourth-order valence-corrected chi connectivity index (χ4v) is 1.74. The second kappa shape index (κ2) is 4.94. The number of aromatic nitrogens is 2. The highest BCUT2D eigenvalue weighted by molar-refractivity contribution is 14.1. The lowest BCUT2D eigenvalue weighted by Crippen LogP contribution is -2.11. The third kappa shape index (κ3) is 2.90. The van der Waals surface area contributed by atoms with Crippen LogP contribution in [-0.4, -0.2) is 23.0 Å². The van der Waals surface area contributed by atoms with Gasteiger partial charge in [-0.15, -0.1) is 0 Å². The zero-order valence-corrected chi connectivity index (χ0v) is 10.6. The SMILES string of the molecule is O=c1[nH]c2nc(OCC(F)F)ccc2cc1I. The van der Waals surface area contributed by atoms with E-state index in [1.165, 1.54) is 6.07 Å². The second-order valence-electron chi connectivity index (χ2n) is 3.24. The number of H-pyrrole nitrogens is 1. The number of aromatic amines is 1. The van der Waals surface area contributed by atoms with Gasteiger partial charge in [-0.1, -0.05) is 0 Å². The highest BCUT2D eigenvalue weighted by Gasteiger charge is 2.06. The molecule has 0 unspecified atom stereocenters. The third-order valence-electron chi connectivity index (χ3n) is 1.99. The molecule has 4 nitrogen and oxygen atoms in total. The Bertz CT molecular complexity index is 600. The van der Waals surface area contributed by atoms with Crippen LogP contribution < -0.4 is 10.3 Å². The van der Waals surface area contributed by atoms with Crippen molar-refractivity contribution >= 4 is 33.6 Å². The highest BCUT2D eigenvalue weighted by atomic mass is 127. The summed E-state index contributed by atoms with van der Waals surface area (Å²) < 4.78 is 29.2. The number of hydrogen-bond donors (Lipinski definition) is 1. The van der Waals surface area contributed by atoms with E-state index in [4.69, 9.17) is 4.74 Å². The minimum absolute atomic E-state index is 0.0645. The Kier molecular flexibility index (Phi) is 3.55. The molecule has 90 valence electrons. The van der Waals surface area contributed by atoms with Crippen LogP contribution in [0.2, 0.25) is 0 Å². The van der Waals surface area contributed by atoms with Gasteiger partial charge in [-0.25, -0.2) is 8.78 Å². The summed E-state index contributed by atoms with van der Waals surface area (Å²) in [5.41, 5.74) is 0.0544. The molecule has 1 N–H and O–H groups in total. The van der Waals surface area contributed by atoms with Gasteiger partial charge in [0.2, 0.25) is 5.88 Å². The van der Waals surface area contributed by atoms with Crippen LogP contribution in [0.15, 0.2) is 23.0 Å². The molecule has 0 saturated carbocycles. The van der Waals surface area contributed by atoms with Crippen LogP contribution in [0.25, 0.3) is 11.0 Å². The molecule has 0 spiro atoms. The number of halogens is 3. The van der Waals surface area contributed by atoms with E-state index in [1.54, 1.807) is 12.1 Å². The molecule has 7 heteroatoms. The van der Waals surface area contributed by atoms with E-state index in [1.807, 2.05) is 22.6 Å². The summed E-state index contributed by atoms with van der Waals surface area (Å²) in [5, 5.41) is 0.721. The maximum absolute atomic E-state index is 11.9. The lowest BCUT2D eigenvalue weighted by Gasteiger charge is -2.05. The average Bonchev–Trinajstić information content (AvgIpc) is 2.28. The van der Waals surface area contributed by atoms with Crippen LogP contribution in [0.4, 0.5) is 8.78 Å². The first-order chi connectivity index (χ1) is 8.06. The predicted octanol–water partition coefficient (Wildman–Crippen LogP) is 2.17. The van der Waals surface area contributed by atoms with E-state index in [2.05, 4.69) is 9.97 Å². The molecule has 0 aliphatic rings. The van der Waals surface area contributed by atoms with Gasteiger partial charge in [-0.3, -0.25) is 4.79 Å². The van der Waals surface area contributed by atoms with Crippen molar-refractivity contribution in [1.29, 1.82) is 0 Å². The Hall–Kier alpha value is -1.25. The lowest BCUT2D eigenvalue weighted by molar-refractivity contribution is 0.0797. The molecular weight excluding hydrogens is 345 g/mol. The Morgan fingerprint density at radius 1 is 1.47 bits per heavy atom. The van der Waals surface area contributed by atoms with Crippen molar-refractivity contribution in [2.45, 2.75) is 6.43 Å². The Morgan fingerprint density at radius 2 is 2.24 bits per heavy atom. The molecule has 0 aliphatic heterocycles. The number of nitrogens with zero attached hydrogens (tertiary/aromatic N) is 1. The number of rotatable bonds is 3. The minimum Gasteiger partial charge on any atom is -0.472 e. The van der Waals surface area contributed by atoms with E-state index in [0.717, 1.165) is 5.39 Å². The third-order valence-corrected chi connectivity index (χ3v) is 2.79. The van der Waals surface area contributed by atoms with Gasteiger partial charge in [0.05, 0.1) is 3.57 Å². The summed E-state index contributed by atoms with van der Waals surface area (Å²) in [6.45, 7) is -0.715. The number of alkyl halides is 2. The maximum Gasteiger partial charge on any atom is 0.272 e. The average molecular weight is 352 g/mol. The summed E-state index contributed by atoms with van der Waals surface area (Å²) in [7, 11) is 0. The van der Waals surface area contributed by atoms with Crippen molar-refractivity contribution in [1.82, 2.24) is 9.97 Å². The highest BCUT2D eigenvalue weighted by Crippen LogP contribution is 2.15. The van der Waals surface area contributed by atoms with Gasteiger partial charge in [0.15, 0.2) is 6.61 Å². The Balaban J connectivity index is 2.37. The van der Waals surface area contributed by atoms with Gasteiger partial charge in [0, 0.05) is 11.5 Å². The van der Waals surface area contributed by atoms with Crippen molar-refractivity contribution in [2.75, 3.05) is 6.61 Å². The van der Waals surface area contributed by atoms with Crippen LogP contribution in [0.5, 0.6) is 5.88 Å². The Morgan fingerprint density at radius 3 is 2.94 bits per heavy atom. The molecule has 0 aromatic carbocycles. The van der Waals surface area contributed by atoms with Crippen molar-refractivity contribution in [3.63, 3.8) is 0 Å². The van der Waals surface area contributed by atoms with Crippen LogP contribution in [0, 0.1) is 3.57 Å². The zero-order valence-electron chi connectivity index (χ0n) is 8.41. The van der Waals surface area contributed by atoms with E-state index in [0.29, 0.717) is 9.22 Å². The molecule has 2 rings (SSSR count). The molecule has 0 atom stereocenters. The van der Waals surface area contributed by atoms with Gasteiger partial charge in [-0.2, -0.15) is 4.98 Å². The van der Waals surface area contributed by atoms with Gasteiger partial charge in [0.1, 0.15) is 5.65 Å². The molecule has 0 saturated heterocycles. The van der Waals surface area contributed by atoms with Crippen LogP contribution in [0.3, 0.4) is 0 Å². The van der Waals surface area contributed by atoms with Crippen molar-refractivity contribution in [3.05, 3.63) is 32.1 Å². The van der Waals surface area contributed by atoms with Crippen molar-refractivity contribution in [2.24, 2.45) is 0 Å². The first-order valence-corrected chi connectivity index (χ1v) is 5.74. The van der Waals surface area contributed by atoms with Crippen LogP contribution in [-0.2, 0) is 0 Å². The van der Waals surface area contributed by atoms with E-state index in [-0.39, 0.29) is 11.4 Å². The predicted molar refractivity (Wildman–Crippen MR) is 66.6 cm³/mol.